The Bertz CT molecular complexity index is 1110. The molecular weight excluding hydrogens is 370 g/mol. The van der Waals surface area contributed by atoms with E-state index < -0.39 is 23.5 Å². The van der Waals surface area contributed by atoms with Crippen LogP contribution in [-0.2, 0) is 4.79 Å². The molecule has 0 saturated carbocycles. The number of anilines is 1. The third-order valence-electron chi connectivity index (χ3n) is 4.90. The zero-order chi connectivity index (χ0) is 20.5. The van der Waals surface area contributed by atoms with Gasteiger partial charge in [-0.05, 0) is 36.8 Å². The third-order valence-corrected chi connectivity index (χ3v) is 4.90. The summed E-state index contributed by atoms with van der Waals surface area (Å²) in [7, 11) is 1.50. The highest BCUT2D eigenvalue weighted by Crippen LogP contribution is 2.44. The minimum absolute atomic E-state index is 0.0264. The molecule has 1 aromatic heterocycles. The van der Waals surface area contributed by atoms with Crippen molar-refractivity contribution in [1.82, 2.24) is 0 Å². The van der Waals surface area contributed by atoms with Gasteiger partial charge in [0.15, 0.2) is 11.5 Å². The maximum absolute atomic E-state index is 13.1. The van der Waals surface area contributed by atoms with Crippen LogP contribution in [0.25, 0.3) is 0 Å². The van der Waals surface area contributed by atoms with Gasteiger partial charge in [0, 0.05) is 0 Å². The van der Waals surface area contributed by atoms with Crippen LogP contribution in [-0.4, -0.2) is 23.9 Å². The first-order chi connectivity index (χ1) is 14.0. The zero-order valence-electron chi connectivity index (χ0n) is 16.0. The lowest BCUT2D eigenvalue weighted by atomic mass is 9.94. The summed E-state index contributed by atoms with van der Waals surface area (Å²) in [6, 6.07) is 16.7. The molecule has 3 aromatic rings. The summed E-state index contributed by atoms with van der Waals surface area (Å²) < 4.78 is 10.7. The van der Waals surface area contributed by atoms with Crippen LogP contribution in [0.2, 0.25) is 0 Å². The van der Waals surface area contributed by atoms with Crippen LogP contribution in [0.1, 0.15) is 27.7 Å². The van der Waals surface area contributed by atoms with Gasteiger partial charge in [0.25, 0.3) is 5.91 Å². The number of aliphatic hydroxyl groups is 1. The van der Waals surface area contributed by atoms with Gasteiger partial charge in [0.2, 0.25) is 5.78 Å². The second kappa shape index (κ2) is 7.31. The normalized spacial score (nSPS) is 16.4. The second-order valence-corrected chi connectivity index (χ2v) is 6.73. The molecular formula is C23H19NO5. The molecule has 6 heteroatoms. The van der Waals surface area contributed by atoms with Crippen LogP contribution in [0.5, 0.6) is 5.75 Å². The number of furan rings is 1. The van der Waals surface area contributed by atoms with E-state index in [0.717, 1.165) is 5.56 Å². The predicted octanol–water partition coefficient (Wildman–Crippen LogP) is 4.38. The van der Waals surface area contributed by atoms with Crippen molar-refractivity contribution in [1.29, 1.82) is 0 Å². The fourth-order valence-electron chi connectivity index (χ4n) is 3.61. The molecule has 1 unspecified atom stereocenters. The number of para-hydroxylation sites is 2. The highest BCUT2D eigenvalue weighted by atomic mass is 16.5. The first-order valence-electron chi connectivity index (χ1n) is 9.07. The maximum Gasteiger partial charge on any atom is 0.294 e. The van der Waals surface area contributed by atoms with Gasteiger partial charge in [0.1, 0.15) is 5.75 Å². The summed E-state index contributed by atoms with van der Waals surface area (Å²) in [6.07, 6.45) is 1.38. The number of ketones is 1. The van der Waals surface area contributed by atoms with Crippen LogP contribution < -0.4 is 9.64 Å². The van der Waals surface area contributed by atoms with E-state index in [-0.39, 0.29) is 11.3 Å². The quantitative estimate of drug-likeness (QED) is 0.655. The molecule has 1 aliphatic heterocycles. The molecule has 1 N–H and O–H groups in total. The van der Waals surface area contributed by atoms with Crippen LogP contribution in [0, 0.1) is 6.92 Å². The second-order valence-electron chi connectivity index (χ2n) is 6.73. The summed E-state index contributed by atoms with van der Waals surface area (Å²) in [5.74, 6) is -1.29. The Balaban J connectivity index is 1.92. The fourth-order valence-corrected chi connectivity index (χ4v) is 3.61. The number of Topliss-reactive ketones (excluding diaryl/α,β-unsaturated/α-hetero) is 1. The number of benzene rings is 2. The van der Waals surface area contributed by atoms with Crippen molar-refractivity contribution in [2.75, 3.05) is 12.0 Å². The monoisotopic (exact) mass is 389 g/mol. The van der Waals surface area contributed by atoms with Crippen molar-refractivity contribution in [3.8, 4) is 5.75 Å². The number of nitrogens with zero attached hydrogens (tertiary/aromatic N) is 1. The third kappa shape index (κ3) is 3.08. The van der Waals surface area contributed by atoms with Gasteiger partial charge in [-0.3, -0.25) is 14.5 Å². The molecule has 2 aromatic carbocycles. The first kappa shape index (κ1) is 18.6. The van der Waals surface area contributed by atoms with Gasteiger partial charge in [-0.25, -0.2) is 0 Å². The summed E-state index contributed by atoms with van der Waals surface area (Å²) >= 11 is 0. The van der Waals surface area contributed by atoms with E-state index in [4.69, 9.17) is 9.15 Å². The zero-order valence-corrected chi connectivity index (χ0v) is 16.0. The lowest BCUT2D eigenvalue weighted by molar-refractivity contribution is -0.117. The summed E-state index contributed by atoms with van der Waals surface area (Å²) in [6.45, 7) is 1.92. The molecule has 1 atom stereocenters. The Labute approximate surface area is 167 Å². The molecule has 0 aliphatic carbocycles. The minimum atomic E-state index is -0.823. The molecule has 1 aliphatic rings. The van der Waals surface area contributed by atoms with Crippen LogP contribution in [0.4, 0.5) is 5.69 Å². The molecule has 29 heavy (non-hydrogen) atoms. The number of carbonyl (C=O) groups is 2. The number of amides is 1. The van der Waals surface area contributed by atoms with Crippen LogP contribution >= 0.6 is 0 Å². The summed E-state index contributed by atoms with van der Waals surface area (Å²) in [4.78, 5) is 27.6. The van der Waals surface area contributed by atoms with Crippen molar-refractivity contribution in [2.45, 2.75) is 13.0 Å². The number of methoxy groups -OCH3 is 1. The van der Waals surface area contributed by atoms with Crippen molar-refractivity contribution in [3.05, 3.63) is 95.1 Å². The Morgan fingerprint density at radius 3 is 2.59 bits per heavy atom. The lowest BCUT2D eigenvalue weighted by Gasteiger charge is -2.28. The van der Waals surface area contributed by atoms with Gasteiger partial charge < -0.3 is 14.3 Å². The van der Waals surface area contributed by atoms with E-state index >= 15 is 0 Å². The largest absolute Gasteiger partial charge is 0.503 e. The summed E-state index contributed by atoms with van der Waals surface area (Å²) in [5, 5.41) is 10.7. The van der Waals surface area contributed by atoms with E-state index in [9.17, 15) is 14.7 Å². The molecule has 0 saturated heterocycles. The Kier molecular flexibility index (Phi) is 4.68. The number of aryl methyl sites for hydroxylation is 1. The van der Waals surface area contributed by atoms with Crippen molar-refractivity contribution < 1.29 is 23.8 Å². The number of carbonyl (C=O) groups excluding carboxylic acids is 2. The fraction of sp³-hybridized carbons (Fsp3) is 0.130. The van der Waals surface area contributed by atoms with E-state index in [0.29, 0.717) is 17.0 Å². The molecule has 0 radical (unpaired) electrons. The van der Waals surface area contributed by atoms with Gasteiger partial charge in [-0.2, -0.15) is 0 Å². The molecule has 0 fully saturated rings. The van der Waals surface area contributed by atoms with Crippen LogP contribution in [0.15, 0.2) is 82.7 Å². The van der Waals surface area contributed by atoms with Crippen molar-refractivity contribution in [2.24, 2.45) is 0 Å². The Hall–Kier alpha value is -3.80. The average Bonchev–Trinajstić information content (AvgIpc) is 3.35. The predicted molar refractivity (Wildman–Crippen MR) is 107 cm³/mol. The molecule has 4 rings (SSSR count). The maximum atomic E-state index is 13.1. The minimum Gasteiger partial charge on any atom is -0.503 e. The number of ether oxygens (including phenoxy) is 1. The van der Waals surface area contributed by atoms with E-state index in [1.165, 1.54) is 24.3 Å². The van der Waals surface area contributed by atoms with Crippen molar-refractivity contribution >= 4 is 17.4 Å². The van der Waals surface area contributed by atoms with Gasteiger partial charge in [0.05, 0.1) is 30.7 Å². The number of hydrogen-bond acceptors (Lipinski definition) is 5. The van der Waals surface area contributed by atoms with Gasteiger partial charge >= 0.3 is 0 Å². The van der Waals surface area contributed by atoms with Gasteiger partial charge in [-0.15, -0.1) is 0 Å². The smallest absolute Gasteiger partial charge is 0.294 e. The first-order valence-corrected chi connectivity index (χ1v) is 9.07. The Morgan fingerprint density at radius 1 is 1.10 bits per heavy atom. The van der Waals surface area contributed by atoms with Crippen LogP contribution in [0.3, 0.4) is 0 Å². The van der Waals surface area contributed by atoms with E-state index in [1.807, 2.05) is 31.2 Å². The highest BCUT2D eigenvalue weighted by Gasteiger charge is 2.46. The SMILES string of the molecule is COc1ccccc1N1C(=O)C(O)=C(C(=O)c2ccco2)C1c1cccc(C)c1. The number of rotatable bonds is 5. The molecule has 0 bridgehead atoms. The highest BCUT2D eigenvalue weighted by molar-refractivity contribution is 6.20. The van der Waals surface area contributed by atoms with E-state index in [1.54, 1.807) is 30.3 Å². The summed E-state index contributed by atoms with van der Waals surface area (Å²) in [5.41, 5.74) is 2.09. The van der Waals surface area contributed by atoms with Gasteiger partial charge in [-0.1, -0.05) is 42.0 Å². The van der Waals surface area contributed by atoms with Crippen molar-refractivity contribution in [3.63, 3.8) is 0 Å². The molecule has 6 nitrogen and oxygen atoms in total. The topological polar surface area (TPSA) is 80.0 Å². The standard InChI is InChI=1S/C23H19NO5/c1-14-7-5-8-15(13-14)20-19(21(25)18-11-6-12-29-18)22(26)23(27)24(20)16-9-3-4-10-17(16)28-2/h3-13,20,26H,1-2H3. The Morgan fingerprint density at radius 2 is 1.90 bits per heavy atom. The molecule has 0 spiro atoms. The molecule has 1 amide bonds. The lowest BCUT2D eigenvalue weighted by Crippen LogP contribution is -2.31. The number of aliphatic hydroxyl groups excluding tert-OH is 1. The van der Waals surface area contributed by atoms with E-state index in [2.05, 4.69) is 0 Å². The number of hydrogen-bond donors (Lipinski definition) is 1. The average molecular weight is 389 g/mol. The molecule has 146 valence electrons. The molecule has 2 heterocycles.